The number of nitrogens with one attached hydrogen (secondary N) is 1. The first kappa shape index (κ1) is 20.0. The minimum Gasteiger partial charge on any atom is -0.372 e. The Morgan fingerprint density at radius 3 is 2.55 bits per heavy atom. The predicted octanol–water partition coefficient (Wildman–Crippen LogP) is 4.93. The van der Waals surface area contributed by atoms with Gasteiger partial charge in [-0.05, 0) is 66.9 Å². The molecule has 0 spiro atoms. The molecular weight excluding hydrogens is 433 g/mol. The van der Waals surface area contributed by atoms with Gasteiger partial charge >= 0.3 is 0 Å². The summed E-state index contributed by atoms with van der Waals surface area (Å²) in [5.74, 6) is -0.166. The topological polar surface area (TPSA) is 62.5 Å². The van der Waals surface area contributed by atoms with Crippen molar-refractivity contribution in [3.8, 4) is 11.3 Å². The van der Waals surface area contributed by atoms with Crippen LogP contribution >= 0.6 is 23.1 Å². The lowest BCUT2D eigenvalue weighted by Crippen LogP contribution is -2.18. The number of hydrogen-bond donors (Lipinski definition) is 1. The highest BCUT2D eigenvalue weighted by Crippen LogP contribution is 2.30. The molecule has 1 amide bonds. The van der Waals surface area contributed by atoms with Gasteiger partial charge in [0.2, 0.25) is 10.9 Å². The Balaban J connectivity index is 1.25. The van der Waals surface area contributed by atoms with Crippen molar-refractivity contribution in [3.05, 3.63) is 59.7 Å². The van der Waals surface area contributed by atoms with Crippen LogP contribution in [0, 0.1) is 5.82 Å². The van der Waals surface area contributed by atoms with E-state index in [1.165, 1.54) is 53.8 Å². The molecule has 5 rings (SSSR count). The maximum absolute atomic E-state index is 13.3. The van der Waals surface area contributed by atoms with E-state index in [0.717, 1.165) is 35.0 Å². The van der Waals surface area contributed by atoms with Gasteiger partial charge in [-0.15, -0.1) is 21.5 Å². The summed E-state index contributed by atoms with van der Waals surface area (Å²) in [6.07, 6.45) is 2.47. The van der Waals surface area contributed by atoms with Gasteiger partial charge in [0, 0.05) is 29.8 Å². The van der Waals surface area contributed by atoms with E-state index in [1.807, 2.05) is 21.9 Å². The van der Waals surface area contributed by atoms with Gasteiger partial charge in [-0.3, -0.25) is 9.20 Å². The van der Waals surface area contributed by atoms with Crippen LogP contribution in [-0.2, 0) is 4.79 Å². The molecule has 0 bridgehead atoms. The predicted molar refractivity (Wildman–Crippen MR) is 124 cm³/mol. The van der Waals surface area contributed by atoms with Crippen molar-refractivity contribution >= 4 is 45.3 Å². The van der Waals surface area contributed by atoms with E-state index in [9.17, 15) is 9.18 Å². The van der Waals surface area contributed by atoms with Crippen molar-refractivity contribution in [1.29, 1.82) is 0 Å². The lowest BCUT2D eigenvalue weighted by Gasteiger charge is -2.17. The minimum absolute atomic E-state index is 0.103. The molecule has 1 saturated heterocycles. The molecule has 158 valence electrons. The van der Waals surface area contributed by atoms with E-state index >= 15 is 0 Å². The number of amides is 1. The molecule has 1 N–H and O–H groups in total. The number of thiazole rings is 1. The normalized spacial score (nSPS) is 13.8. The third kappa shape index (κ3) is 4.28. The van der Waals surface area contributed by atoms with Gasteiger partial charge in [-0.25, -0.2) is 4.39 Å². The summed E-state index contributed by atoms with van der Waals surface area (Å²) in [6.45, 7) is 2.19. The highest BCUT2D eigenvalue weighted by Gasteiger charge is 2.16. The van der Waals surface area contributed by atoms with Crippen molar-refractivity contribution in [2.75, 3.05) is 29.1 Å². The largest absolute Gasteiger partial charge is 0.372 e. The van der Waals surface area contributed by atoms with Crippen LogP contribution in [0.25, 0.3) is 16.2 Å². The second-order valence-electron chi connectivity index (χ2n) is 7.31. The number of carbonyl (C=O) groups excluding carboxylic acids is 1. The number of anilines is 2. The molecule has 0 radical (unpaired) electrons. The number of benzene rings is 2. The average molecular weight is 454 g/mol. The van der Waals surface area contributed by atoms with Crippen LogP contribution in [0.4, 0.5) is 15.8 Å². The van der Waals surface area contributed by atoms with Crippen molar-refractivity contribution < 1.29 is 9.18 Å². The number of nitrogens with zero attached hydrogens (tertiary/aromatic N) is 4. The molecule has 1 aliphatic heterocycles. The second kappa shape index (κ2) is 8.68. The van der Waals surface area contributed by atoms with Gasteiger partial charge in [0.25, 0.3) is 0 Å². The highest BCUT2D eigenvalue weighted by molar-refractivity contribution is 7.99. The van der Waals surface area contributed by atoms with E-state index in [2.05, 4.69) is 32.5 Å². The van der Waals surface area contributed by atoms with Crippen LogP contribution in [0.3, 0.4) is 0 Å². The fourth-order valence-corrected chi connectivity index (χ4v) is 5.31. The second-order valence-corrected chi connectivity index (χ2v) is 9.09. The Morgan fingerprint density at radius 2 is 1.81 bits per heavy atom. The molecule has 1 aliphatic rings. The van der Waals surface area contributed by atoms with Gasteiger partial charge < -0.3 is 10.2 Å². The number of halogens is 1. The summed E-state index contributed by atoms with van der Waals surface area (Å²) in [4.78, 5) is 15.6. The zero-order valence-electron chi connectivity index (χ0n) is 16.6. The Bertz CT molecular complexity index is 1200. The number of rotatable bonds is 6. The monoisotopic (exact) mass is 453 g/mol. The Morgan fingerprint density at radius 1 is 1.06 bits per heavy atom. The summed E-state index contributed by atoms with van der Waals surface area (Å²) in [5, 5.41) is 14.0. The van der Waals surface area contributed by atoms with Gasteiger partial charge in [0.15, 0.2) is 5.16 Å². The molecule has 0 atom stereocenters. The molecule has 31 heavy (non-hydrogen) atoms. The van der Waals surface area contributed by atoms with Crippen LogP contribution in [0.1, 0.15) is 12.8 Å². The van der Waals surface area contributed by atoms with E-state index in [1.54, 1.807) is 12.1 Å². The molecule has 4 aromatic rings. The van der Waals surface area contributed by atoms with Gasteiger partial charge in [-0.2, -0.15) is 0 Å². The first-order chi connectivity index (χ1) is 15.2. The smallest absolute Gasteiger partial charge is 0.234 e. The number of fused-ring (bicyclic) bond motifs is 1. The van der Waals surface area contributed by atoms with Crippen LogP contribution in [0.5, 0.6) is 0 Å². The summed E-state index contributed by atoms with van der Waals surface area (Å²) >= 11 is 2.79. The standard InChI is InChI=1S/C22H20FN5OS2/c23-16-5-3-15(4-6-16)19-13-30-21-25-26-22(28(19)21)31-14-20(29)24-17-7-9-18(10-8-17)27-11-1-2-12-27/h3-10,13H,1-2,11-12,14H2,(H,24,29). The SMILES string of the molecule is O=C(CSc1nnc2scc(-c3ccc(F)cc3)n12)Nc1ccc(N2CCCC2)cc1. The number of hydrogen-bond acceptors (Lipinski definition) is 6. The zero-order chi connectivity index (χ0) is 21.2. The van der Waals surface area contributed by atoms with E-state index in [4.69, 9.17) is 0 Å². The maximum atomic E-state index is 13.3. The molecule has 3 heterocycles. The third-order valence-electron chi connectivity index (χ3n) is 5.22. The van der Waals surface area contributed by atoms with Crippen molar-refractivity contribution in [3.63, 3.8) is 0 Å². The molecule has 9 heteroatoms. The summed E-state index contributed by atoms with van der Waals surface area (Å²) in [6, 6.07) is 14.3. The first-order valence-corrected chi connectivity index (χ1v) is 11.9. The molecule has 0 aliphatic carbocycles. The fourth-order valence-electron chi connectivity index (χ4n) is 3.67. The third-order valence-corrected chi connectivity index (χ3v) is 6.96. The molecular formula is C22H20FN5OS2. The van der Waals surface area contributed by atoms with E-state index < -0.39 is 0 Å². The van der Waals surface area contributed by atoms with Crippen LogP contribution in [-0.4, -0.2) is 39.3 Å². The Kier molecular flexibility index (Phi) is 5.61. The fraction of sp³-hybridized carbons (Fsp3) is 0.227. The molecule has 6 nitrogen and oxygen atoms in total. The minimum atomic E-state index is -0.279. The number of carbonyl (C=O) groups is 1. The van der Waals surface area contributed by atoms with Crippen molar-refractivity contribution in [1.82, 2.24) is 14.6 Å². The van der Waals surface area contributed by atoms with Crippen LogP contribution in [0.15, 0.2) is 59.1 Å². The van der Waals surface area contributed by atoms with Gasteiger partial charge in [0.1, 0.15) is 5.82 Å². The summed E-state index contributed by atoms with van der Waals surface area (Å²) in [5.41, 5.74) is 3.73. The Hall–Kier alpha value is -2.91. The van der Waals surface area contributed by atoms with Crippen molar-refractivity contribution in [2.24, 2.45) is 0 Å². The first-order valence-electron chi connectivity index (χ1n) is 10.0. The highest BCUT2D eigenvalue weighted by atomic mass is 32.2. The van der Waals surface area contributed by atoms with Crippen LogP contribution < -0.4 is 10.2 Å². The maximum Gasteiger partial charge on any atom is 0.234 e. The lowest BCUT2D eigenvalue weighted by molar-refractivity contribution is -0.113. The molecule has 1 fully saturated rings. The van der Waals surface area contributed by atoms with Gasteiger partial charge in [-0.1, -0.05) is 11.8 Å². The van der Waals surface area contributed by atoms with Crippen LogP contribution in [0.2, 0.25) is 0 Å². The summed E-state index contributed by atoms with van der Waals surface area (Å²) in [7, 11) is 0. The zero-order valence-corrected chi connectivity index (χ0v) is 18.3. The quantitative estimate of drug-likeness (QED) is 0.420. The molecule has 0 saturated carbocycles. The number of thioether (sulfide) groups is 1. The number of aromatic nitrogens is 3. The molecule has 2 aromatic carbocycles. The molecule has 0 unspecified atom stereocenters. The van der Waals surface area contributed by atoms with E-state index in [0.29, 0.717) is 5.16 Å². The van der Waals surface area contributed by atoms with Gasteiger partial charge in [0.05, 0.1) is 11.4 Å². The average Bonchev–Trinajstić information content (AvgIpc) is 3.52. The Labute approximate surface area is 187 Å². The van der Waals surface area contributed by atoms with Crippen molar-refractivity contribution in [2.45, 2.75) is 18.0 Å². The lowest BCUT2D eigenvalue weighted by atomic mass is 10.2. The van der Waals surface area contributed by atoms with E-state index in [-0.39, 0.29) is 17.5 Å². The summed E-state index contributed by atoms with van der Waals surface area (Å²) < 4.78 is 15.2. The molecule has 2 aromatic heterocycles.